The van der Waals surface area contributed by atoms with E-state index in [1.807, 2.05) is 6.92 Å². The van der Waals surface area contributed by atoms with Crippen molar-refractivity contribution in [3.63, 3.8) is 0 Å². The standard InChI is InChI=1S/C12H23N3O/c1-4-6-8-11(7-5-2)13-9-12-14-10(3)16-15-12/h11,13H,4-9H2,1-3H3. The van der Waals surface area contributed by atoms with Crippen molar-refractivity contribution >= 4 is 0 Å². The van der Waals surface area contributed by atoms with Crippen molar-refractivity contribution in [1.82, 2.24) is 15.5 Å². The van der Waals surface area contributed by atoms with Gasteiger partial charge in [-0.25, -0.2) is 0 Å². The van der Waals surface area contributed by atoms with E-state index in [0.29, 0.717) is 18.5 Å². The SMILES string of the molecule is CCCCC(CCC)NCc1noc(C)n1. The maximum absolute atomic E-state index is 4.94. The molecular formula is C12H23N3O. The maximum Gasteiger partial charge on any atom is 0.223 e. The molecule has 1 unspecified atom stereocenters. The first-order valence-electron chi connectivity index (χ1n) is 6.28. The van der Waals surface area contributed by atoms with Gasteiger partial charge in [0.25, 0.3) is 0 Å². The lowest BCUT2D eigenvalue weighted by Gasteiger charge is -2.16. The second-order valence-electron chi connectivity index (χ2n) is 4.24. The Bertz CT molecular complexity index is 286. The number of nitrogens with zero attached hydrogens (tertiary/aromatic N) is 2. The van der Waals surface area contributed by atoms with Crippen LogP contribution < -0.4 is 5.32 Å². The Kier molecular flexibility index (Phi) is 6.08. The summed E-state index contributed by atoms with van der Waals surface area (Å²) < 4.78 is 4.94. The highest BCUT2D eigenvalue weighted by atomic mass is 16.5. The predicted molar refractivity (Wildman–Crippen MR) is 64.1 cm³/mol. The smallest absolute Gasteiger partial charge is 0.223 e. The molecule has 0 spiro atoms. The first-order chi connectivity index (χ1) is 7.76. The number of hydrogen-bond acceptors (Lipinski definition) is 4. The quantitative estimate of drug-likeness (QED) is 0.739. The Balaban J connectivity index is 2.30. The van der Waals surface area contributed by atoms with E-state index in [0.717, 1.165) is 5.82 Å². The minimum atomic E-state index is 0.587. The molecule has 1 heterocycles. The molecule has 92 valence electrons. The Labute approximate surface area is 97.8 Å². The zero-order chi connectivity index (χ0) is 11.8. The van der Waals surface area contributed by atoms with Crippen LogP contribution >= 0.6 is 0 Å². The number of hydrogen-bond donors (Lipinski definition) is 1. The van der Waals surface area contributed by atoms with Crippen LogP contribution in [0, 0.1) is 6.92 Å². The molecule has 0 aliphatic heterocycles. The largest absolute Gasteiger partial charge is 0.340 e. The van der Waals surface area contributed by atoms with Gasteiger partial charge < -0.3 is 9.84 Å². The summed E-state index contributed by atoms with van der Waals surface area (Å²) in [5.41, 5.74) is 0. The molecule has 4 heteroatoms. The summed E-state index contributed by atoms with van der Waals surface area (Å²) in [6.45, 7) is 6.98. The Morgan fingerprint density at radius 2 is 2.06 bits per heavy atom. The highest BCUT2D eigenvalue weighted by Crippen LogP contribution is 2.07. The Hall–Kier alpha value is -0.900. The summed E-state index contributed by atoms with van der Waals surface area (Å²) in [5.74, 6) is 1.40. The minimum absolute atomic E-state index is 0.587. The van der Waals surface area contributed by atoms with Crippen LogP contribution in [-0.2, 0) is 6.54 Å². The molecule has 1 N–H and O–H groups in total. The molecule has 1 aromatic heterocycles. The van der Waals surface area contributed by atoms with Crippen LogP contribution in [0.3, 0.4) is 0 Å². The third-order valence-corrected chi connectivity index (χ3v) is 2.66. The average Bonchev–Trinajstić information content (AvgIpc) is 2.68. The monoisotopic (exact) mass is 225 g/mol. The first-order valence-corrected chi connectivity index (χ1v) is 6.28. The summed E-state index contributed by atoms with van der Waals surface area (Å²) >= 11 is 0. The van der Waals surface area contributed by atoms with E-state index < -0.39 is 0 Å². The molecule has 0 amide bonds. The van der Waals surface area contributed by atoms with Gasteiger partial charge in [-0.15, -0.1) is 0 Å². The molecule has 0 bridgehead atoms. The van der Waals surface area contributed by atoms with Crippen molar-refractivity contribution in [3.05, 3.63) is 11.7 Å². The first kappa shape index (κ1) is 13.2. The molecular weight excluding hydrogens is 202 g/mol. The van der Waals surface area contributed by atoms with Crippen molar-refractivity contribution in [2.75, 3.05) is 0 Å². The van der Waals surface area contributed by atoms with Crippen molar-refractivity contribution < 1.29 is 4.52 Å². The lowest BCUT2D eigenvalue weighted by molar-refractivity contribution is 0.378. The van der Waals surface area contributed by atoms with Crippen LogP contribution in [0.1, 0.15) is 57.7 Å². The van der Waals surface area contributed by atoms with Crippen LogP contribution in [0.25, 0.3) is 0 Å². The van der Waals surface area contributed by atoms with Gasteiger partial charge in [0.05, 0.1) is 6.54 Å². The summed E-state index contributed by atoms with van der Waals surface area (Å²) in [6, 6.07) is 0.587. The number of aryl methyl sites for hydroxylation is 1. The molecule has 0 aromatic carbocycles. The van der Waals surface area contributed by atoms with E-state index >= 15 is 0 Å². The molecule has 0 aliphatic rings. The molecule has 1 atom stereocenters. The lowest BCUT2D eigenvalue weighted by atomic mass is 10.1. The predicted octanol–water partition coefficient (Wildman–Crippen LogP) is 2.83. The van der Waals surface area contributed by atoms with E-state index in [9.17, 15) is 0 Å². The molecule has 0 fully saturated rings. The third-order valence-electron chi connectivity index (χ3n) is 2.66. The normalized spacial score (nSPS) is 12.9. The third kappa shape index (κ3) is 4.75. The molecule has 0 saturated heterocycles. The highest BCUT2D eigenvalue weighted by Gasteiger charge is 2.08. The van der Waals surface area contributed by atoms with E-state index in [4.69, 9.17) is 4.52 Å². The van der Waals surface area contributed by atoms with Gasteiger partial charge in [0.15, 0.2) is 5.82 Å². The summed E-state index contributed by atoms with van der Waals surface area (Å²) in [7, 11) is 0. The molecule has 1 rings (SSSR count). The van der Waals surface area contributed by atoms with E-state index in [1.54, 1.807) is 0 Å². The zero-order valence-electron chi connectivity index (χ0n) is 10.6. The Morgan fingerprint density at radius 1 is 1.25 bits per heavy atom. The molecule has 0 radical (unpaired) electrons. The van der Waals surface area contributed by atoms with Gasteiger partial charge in [0.2, 0.25) is 5.89 Å². The minimum Gasteiger partial charge on any atom is -0.340 e. The van der Waals surface area contributed by atoms with E-state index in [1.165, 1.54) is 32.1 Å². The van der Waals surface area contributed by atoms with Crippen molar-refractivity contribution in [1.29, 1.82) is 0 Å². The van der Waals surface area contributed by atoms with Crippen molar-refractivity contribution in [2.24, 2.45) is 0 Å². The van der Waals surface area contributed by atoms with Gasteiger partial charge in [-0.3, -0.25) is 0 Å². The average molecular weight is 225 g/mol. The molecule has 16 heavy (non-hydrogen) atoms. The number of rotatable bonds is 8. The Morgan fingerprint density at radius 3 is 2.62 bits per heavy atom. The van der Waals surface area contributed by atoms with Crippen LogP contribution in [0.5, 0.6) is 0 Å². The molecule has 4 nitrogen and oxygen atoms in total. The highest BCUT2D eigenvalue weighted by molar-refractivity contribution is 4.84. The van der Waals surface area contributed by atoms with E-state index in [2.05, 4.69) is 29.3 Å². The summed E-state index contributed by atoms with van der Waals surface area (Å²) in [4.78, 5) is 4.18. The molecule has 1 aromatic rings. The number of nitrogens with one attached hydrogen (secondary N) is 1. The second kappa shape index (κ2) is 7.39. The van der Waals surface area contributed by atoms with Crippen molar-refractivity contribution in [2.45, 2.75) is 65.5 Å². The van der Waals surface area contributed by atoms with Crippen LogP contribution in [0.2, 0.25) is 0 Å². The van der Waals surface area contributed by atoms with Crippen LogP contribution in [-0.4, -0.2) is 16.2 Å². The van der Waals surface area contributed by atoms with Crippen molar-refractivity contribution in [3.8, 4) is 0 Å². The van der Waals surface area contributed by atoms with Crippen LogP contribution in [0.15, 0.2) is 4.52 Å². The summed E-state index contributed by atoms with van der Waals surface area (Å²) in [6.07, 6.45) is 6.21. The summed E-state index contributed by atoms with van der Waals surface area (Å²) in [5, 5.41) is 7.38. The van der Waals surface area contributed by atoms with Crippen LogP contribution in [0.4, 0.5) is 0 Å². The fraction of sp³-hybridized carbons (Fsp3) is 0.833. The van der Waals surface area contributed by atoms with E-state index in [-0.39, 0.29) is 0 Å². The molecule has 0 saturated carbocycles. The van der Waals surface area contributed by atoms with Gasteiger partial charge in [-0.1, -0.05) is 38.3 Å². The topological polar surface area (TPSA) is 51.0 Å². The molecule has 0 aliphatic carbocycles. The van der Waals surface area contributed by atoms with Gasteiger partial charge in [-0.2, -0.15) is 4.98 Å². The second-order valence-corrected chi connectivity index (χ2v) is 4.24. The van der Waals surface area contributed by atoms with Gasteiger partial charge in [0.1, 0.15) is 0 Å². The maximum atomic E-state index is 4.94. The fourth-order valence-corrected chi connectivity index (χ4v) is 1.80. The lowest BCUT2D eigenvalue weighted by Crippen LogP contribution is -2.28. The fourth-order valence-electron chi connectivity index (χ4n) is 1.80. The zero-order valence-corrected chi connectivity index (χ0v) is 10.6. The van der Waals surface area contributed by atoms with Gasteiger partial charge in [-0.05, 0) is 12.8 Å². The van der Waals surface area contributed by atoms with Gasteiger partial charge >= 0.3 is 0 Å². The van der Waals surface area contributed by atoms with Gasteiger partial charge in [0, 0.05) is 13.0 Å². The number of aromatic nitrogens is 2. The number of unbranched alkanes of at least 4 members (excludes halogenated alkanes) is 1.